The van der Waals surface area contributed by atoms with Crippen molar-refractivity contribution in [2.24, 2.45) is 0 Å². The fourth-order valence-electron chi connectivity index (χ4n) is 8.89. The normalized spacial score (nSPS) is 14.0. The van der Waals surface area contributed by atoms with E-state index in [1.807, 2.05) is 21.1 Å². The molecule has 0 fully saturated rings. The smallest absolute Gasteiger partial charge is 0.462 e. The molecular weight excluding hydrogens is 1040 g/mol. The second kappa shape index (κ2) is 62.0. The van der Waals surface area contributed by atoms with Crippen LogP contribution >= 0.6 is 7.82 Å². The molecule has 1 N–H and O–H groups in total. The standard InChI is InChI=1S/C72H124NO8P/c1-6-8-10-12-14-16-18-20-22-24-25-26-27-28-29-30-31-32-33-34-35-36-37-38-39-40-41-42-43-44-45-46-47-49-51-53-55-57-59-61-63-65-72(75)81-70(69-80-82(76,77)79-67-66-73(3,4)5)68-78-71(74)64-62-60-58-56-54-52-50-48-23-21-19-17-15-13-11-9-7-2/h8,10,14-17,20-23,25-26,28-29,31-32,34-35,37-38,70H,6-7,9,11-13,18-19,24,27,30,33,36,39-69H2,1-5H3/p+1/b10-8-,16-14-,17-15-,22-20-,23-21-,26-25-,29-28-,32-31-,35-34-,38-37-. The minimum Gasteiger partial charge on any atom is -0.462 e. The molecular formula is C72H125NO8P+. The molecule has 0 aromatic carbocycles. The number of phosphoric acid groups is 1. The van der Waals surface area contributed by atoms with Gasteiger partial charge in [0.15, 0.2) is 6.10 Å². The topological polar surface area (TPSA) is 108 Å². The van der Waals surface area contributed by atoms with Gasteiger partial charge in [0.25, 0.3) is 0 Å². The van der Waals surface area contributed by atoms with Crippen molar-refractivity contribution in [1.29, 1.82) is 0 Å². The summed E-state index contributed by atoms with van der Waals surface area (Å²) < 4.78 is 34.6. The summed E-state index contributed by atoms with van der Waals surface area (Å²) in [7, 11) is 1.47. The summed E-state index contributed by atoms with van der Waals surface area (Å²) in [4.78, 5) is 35.8. The van der Waals surface area contributed by atoms with Crippen LogP contribution in [0, 0.1) is 0 Å². The van der Waals surface area contributed by atoms with E-state index in [1.165, 1.54) is 128 Å². The van der Waals surface area contributed by atoms with E-state index in [-0.39, 0.29) is 32.0 Å². The zero-order chi connectivity index (χ0) is 59.8. The fraction of sp³-hybridized carbons (Fsp3) is 0.694. The van der Waals surface area contributed by atoms with Crippen LogP contribution in [0.1, 0.15) is 271 Å². The van der Waals surface area contributed by atoms with Gasteiger partial charge in [-0.15, -0.1) is 0 Å². The van der Waals surface area contributed by atoms with Crippen LogP contribution in [-0.2, 0) is 32.7 Å². The van der Waals surface area contributed by atoms with Crippen LogP contribution in [0.15, 0.2) is 122 Å². The van der Waals surface area contributed by atoms with E-state index in [4.69, 9.17) is 18.5 Å². The number of ether oxygens (including phenoxy) is 2. The summed E-state index contributed by atoms with van der Waals surface area (Å²) in [5.74, 6) is -0.805. The van der Waals surface area contributed by atoms with Gasteiger partial charge in [-0.1, -0.05) is 270 Å². The average Bonchev–Trinajstić information content (AvgIpc) is 3.45. The molecule has 0 aliphatic rings. The van der Waals surface area contributed by atoms with Crippen molar-refractivity contribution in [3.8, 4) is 0 Å². The van der Waals surface area contributed by atoms with Crippen molar-refractivity contribution < 1.29 is 42.1 Å². The molecule has 0 spiro atoms. The molecule has 0 radical (unpaired) electrons. The highest BCUT2D eigenvalue weighted by atomic mass is 31.2. The minimum atomic E-state index is -4.39. The summed E-state index contributed by atoms with van der Waals surface area (Å²) >= 11 is 0. The Morgan fingerprint density at radius 1 is 0.390 bits per heavy atom. The monoisotopic (exact) mass is 1160 g/mol. The molecule has 2 atom stereocenters. The van der Waals surface area contributed by atoms with Crippen LogP contribution in [0.25, 0.3) is 0 Å². The van der Waals surface area contributed by atoms with Gasteiger partial charge in [-0.25, -0.2) is 4.57 Å². The Morgan fingerprint density at radius 3 is 1.04 bits per heavy atom. The Labute approximate surface area is 505 Å². The lowest BCUT2D eigenvalue weighted by Crippen LogP contribution is -2.37. The van der Waals surface area contributed by atoms with Gasteiger partial charge in [0.2, 0.25) is 0 Å². The van der Waals surface area contributed by atoms with E-state index in [0.29, 0.717) is 17.4 Å². The SMILES string of the molecule is CC/C=C\C/C=C\C/C=C\C/C=C\C/C=C\C/C=C\C/C=C\C/C=C\CCCCCCCCCCCCCCCCCCC(=O)OC(COC(=O)CCCCCCCCC/C=C\C/C=C\CCCCC)COP(=O)(O)OCC[N+](C)(C)C. The first-order chi connectivity index (χ1) is 40.0. The van der Waals surface area contributed by atoms with Crippen LogP contribution in [0.5, 0.6) is 0 Å². The molecule has 0 aromatic rings. The van der Waals surface area contributed by atoms with E-state index in [0.717, 1.165) is 109 Å². The number of rotatable bonds is 60. The van der Waals surface area contributed by atoms with Gasteiger partial charge in [0.1, 0.15) is 19.8 Å². The molecule has 0 rings (SSSR count). The molecule has 0 amide bonds. The Balaban J connectivity index is 4.01. The second-order valence-electron chi connectivity index (χ2n) is 23.1. The van der Waals surface area contributed by atoms with Gasteiger partial charge in [0, 0.05) is 12.8 Å². The molecule has 10 heteroatoms. The third-order valence-electron chi connectivity index (χ3n) is 14.0. The van der Waals surface area contributed by atoms with Crippen molar-refractivity contribution in [1.82, 2.24) is 0 Å². The molecule has 0 saturated heterocycles. The Morgan fingerprint density at radius 2 is 0.695 bits per heavy atom. The van der Waals surface area contributed by atoms with Gasteiger partial charge in [0.05, 0.1) is 27.7 Å². The molecule has 470 valence electrons. The van der Waals surface area contributed by atoms with E-state index in [2.05, 4.69) is 135 Å². The van der Waals surface area contributed by atoms with Crippen LogP contribution in [0.4, 0.5) is 0 Å². The van der Waals surface area contributed by atoms with Gasteiger partial charge >= 0.3 is 19.8 Å². The van der Waals surface area contributed by atoms with Crippen LogP contribution in [0.2, 0.25) is 0 Å². The zero-order valence-electron chi connectivity index (χ0n) is 53.4. The second-order valence-corrected chi connectivity index (χ2v) is 24.6. The van der Waals surface area contributed by atoms with Crippen LogP contribution in [0.3, 0.4) is 0 Å². The number of carbonyl (C=O) groups is 2. The number of allylic oxidation sites excluding steroid dienone is 20. The van der Waals surface area contributed by atoms with Gasteiger partial charge in [-0.2, -0.15) is 0 Å². The first kappa shape index (κ1) is 78.4. The van der Waals surface area contributed by atoms with E-state index in [1.54, 1.807) is 0 Å². The predicted molar refractivity (Wildman–Crippen MR) is 353 cm³/mol. The summed E-state index contributed by atoms with van der Waals surface area (Å²) in [6.07, 6.45) is 88.6. The number of unbranched alkanes of at least 4 members (excludes halogenated alkanes) is 26. The average molecular weight is 1160 g/mol. The maximum Gasteiger partial charge on any atom is 0.472 e. The highest BCUT2D eigenvalue weighted by molar-refractivity contribution is 7.47. The van der Waals surface area contributed by atoms with Crippen LogP contribution < -0.4 is 0 Å². The van der Waals surface area contributed by atoms with Crippen LogP contribution in [-0.4, -0.2) is 74.9 Å². The molecule has 9 nitrogen and oxygen atoms in total. The van der Waals surface area contributed by atoms with Gasteiger partial charge in [-0.05, 0) is 109 Å². The summed E-state index contributed by atoms with van der Waals surface area (Å²) in [5.41, 5.74) is 0. The van der Waals surface area contributed by atoms with Gasteiger partial charge in [-0.3, -0.25) is 18.6 Å². The molecule has 0 aliphatic heterocycles. The van der Waals surface area contributed by atoms with Crippen molar-refractivity contribution in [3.63, 3.8) is 0 Å². The van der Waals surface area contributed by atoms with Crippen molar-refractivity contribution >= 4 is 19.8 Å². The maximum atomic E-state index is 12.8. The van der Waals surface area contributed by atoms with E-state index >= 15 is 0 Å². The summed E-state index contributed by atoms with van der Waals surface area (Å²) in [5, 5.41) is 0. The lowest BCUT2D eigenvalue weighted by Gasteiger charge is -2.24. The van der Waals surface area contributed by atoms with Gasteiger partial charge < -0.3 is 18.9 Å². The predicted octanol–water partition coefficient (Wildman–Crippen LogP) is 21.5. The quantitative estimate of drug-likeness (QED) is 0.0211. The lowest BCUT2D eigenvalue weighted by molar-refractivity contribution is -0.870. The first-order valence-electron chi connectivity index (χ1n) is 33.3. The summed E-state index contributed by atoms with van der Waals surface area (Å²) in [6.45, 7) is 4.29. The highest BCUT2D eigenvalue weighted by Crippen LogP contribution is 2.43. The largest absolute Gasteiger partial charge is 0.472 e. The number of hydrogen-bond acceptors (Lipinski definition) is 7. The molecule has 0 aromatic heterocycles. The molecule has 0 saturated carbocycles. The van der Waals surface area contributed by atoms with E-state index < -0.39 is 26.5 Å². The highest BCUT2D eigenvalue weighted by Gasteiger charge is 2.27. The Hall–Kier alpha value is -3.59. The number of phosphoric ester groups is 1. The number of likely N-dealkylation sites (N-methyl/N-ethyl adjacent to an activating group) is 1. The molecule has 0 aliphatic carbocycles. The zero-order valence-corrected chi connectivity index (χ0v) is 54.3. The minimum absolute atomic E-state index is 0.0268. The molecule has 82 heavy (non-hydrogen) atoms. The Bertz CT molecular complexity index is 1800. The van der Waals surface area contributed by atoms with E-state index in [9.17, 15) is 19.0 Å². The third kappa shape index (κ3) is 65.6. The van der Waals surface area contributed by atoms with Crippen molar-refractivity contribution in [2.75, 3.05) is 47.5 Å². The summed E-state index contributed by atoms with van der Waals surface area (Å²) in [6, 6.07) is 0. The number of esters is 2. The van der Waals surface area contributed by atoms with Crippen molar-refractivity contribution in [2.45, 2.75) is 277 Å². The first-order valence-corrected chi connectivity index (χ1v) is 34.8. The number of nitrogens with zero attached hydrogens (tertiary/aromatic N) is 1. The number of quaternary nitrogens is 1. The molecule has 0 heterocycles. The Kier molecular flexibility index (Phi) is 59.2. The third-order valence-corrected chi connectivity index (χ3v) is 15.0. The van der Waals surface area contributed by atoms with Crippen molar-refractivity contribution in [3.05, 3.63) is 122 Å². The number of carbonyl (C=O) groups excluding carboxylic acids is 2. The number of hydrogen-bond donors (Lipinski definition) is 1. The fourth-order valence-corrected chi connectivity index (χ4v) is 9.63. The molecule has 2 unspecified atom stereocenters. The molecule has 0 bridgehead atoms. The lowest BCUT2D eigenvalue weighted by atomic mass is 10.0. The maximum absolute atomic E-state index is 12.8.